The molecule has 8 heteroatoms. The zero-order valence-electron chi connectivity index (χ0n) is 20.1. The van der Waals surface area contributed by atoms with Crippen molar-refractivity contribution in [3.8, 4) is 11.5 Å². The minimum absolute atomic E-state index is 0.141. The number of nitrogens with zero attached hydrogens (tertiary/aromatic N) is 1. The number of ether oxygens (including phenoxy) is 2. The second kappa shape index (κ2) is 9.13. The van der Waals surface area contributed by atoms with Crippen LogP contribution in [0.2, 0.25) is 0 Å². The smallest absolute Gasteiger partial charge is 0.247 e. The molecule has 3 aromatic carbocycles. The quantitative estimate of drug-likeness (QED) is 0.381. The lowest BCUT2D eigenvalue weighted by molar-refractivity contribution is -0.128. The van der Waals surface area contributed by atoms with Crippen LogP contribution in [-0.2, 0) is 16.0 Å². The van der Waals surface area contributed by atoms with Gasteiger partial charge in [0.25, 0.3) is 0 Å². The van der Waals surface area contributed by atoms with Gasteiger partial charge in [0, 0.05) is 41.8 Å². The van der Waals surface area contributed by atoms with Crippen LogP contribution in [0.5, 0.6) is 11.5 Å². The van der Waals surface area contributed by atoms with Gasteiger partial charge in [-0.05, 0) is 71.7 Å². The number of hydrogen-bond donors (Lipinski definition) is 2. The molecular weight excluding hydrogens is 473 g/mol. The van der Waals surface area contributed by atoms with Crippen LogP contribution in [-0.4, -0.2) is 35.0 Å². The number of halogens is 1. The molecule has 0 saturated heterocycles. The molecule has 4 aromatic rings. The summed E-state index contributed by atoms with van der Waals surface area (Å²) in [5.74, 6) is 0.717. The van der Waals surface area contributed by atoms with Gasteiger partial charge in [0.2, 0.25) is 18.6 Å². The first-order chi connectivity index (χ1) is 18.0. The van der Waals surface area contributed by atoms with E-state index in [0.29, 0.717) is 30.2 Å². The fraction of sp³-hybridized carbons (Fsp3) is 0.172. The molecule has 0 saturated carbocycles. The van der Waals surface area contributed by atoms with E-state index in [4.69, 9.17) is 9.47 Å². The number of benzene rings is 3. The van der Waals surface area contributed by atoms with Crippen molar-refractivity contribution in [2.45, 2.75) is 19.4 Å². The van der Waals surface area contributed by atoms with Gasteiger partial charge >= 0.3 is 0 Å². The zero-order chi connectivity index (χ0) is 25.5. The Morgan fingerprint density at radius 1 is 1.05 bits per heavy atom. The van der Waals surface area contributed by atoms with Crippen LogP contribution < -0.4 is 14.8 Å². The average Bonchev–Trinajstić information content (AvgIpc) is 3.51. The zero-order valence-corrected chi connectivity index (χ0v) is 20.1. The molecule has 0 aliphatic carbocycles. The topological polar surface area (TPSA) is 83.7 Å². The Hall–Kier alpha value is -4.59. The monoisotopic (exact) mass is 497 g/mol. The molecule has 186 valence electrons. The van der Waals surface area contributed by atoms with Gasteiger partial charge in [0.05, 0.1) is 6.04 Å². The van der Waals surface area contributed by atoms with E-state index >= 15 is 0 Å². The van der Waals surface area contributed by atoms with E-state index < -0.39 is 6.04 Å². The highest BCUT2D eigenvalue weighted by Gasteiger charge is 2.34. The molecule has 7 nitrogen and oxygen atoms in total. The number of carbonyl (C=O) groups excluding carboxylic acids is 2. The summed E-state index contributed by atoms with van der Waals surface area (Å²) in [4.78, 5) is 30.0. The molecule has 2 aliphatic rings. The summed E-state index contributed by atoms with van der Waals surface area (Å²) in [6, 6.07) is 17.2. The maximum Gasteiger partial charge on any atom is 0.247 e. The Kier molecular flexibility index (Phi) is 5.64. The maximum absolute atomic E-state index is 14.1. The fourth-order valence-corrected chi connectivity index (χ4v) is 5.07. The van der Waals surface area contributed by atoms with Crippen LogP contribution in [0, 0.1) is 5.82 Å². The Labute approximate surface area is 212 Å². The minimum Gasteiger partial charge on any atom is -0.454 e. The number of anilines is 1. The van der Waals surface area contributed by atoms with Crippen LogP contribution in [0.15, 0.2) is 66.7 Å². The van der Waals surface area contributed by atoms with Gasteiger partial charge in [0.1, 0.15) is 5.82 Å². The molecule has 0 bridgehead atoms. The van der Waals surface area contributed by atoms with Crippen molar-refractivity contribution >= 4 is 34.5 Å². The summed E-state index contributed by atoms with van der Waals surface area (Å²) in [6.07, 6.45) is 3.91. The number of hydrogen-bond acceptors (Lipinski definition) is 4. The highest BCUT2D eigenvalue weighted by atomic mass is 19.1. The van der Waals surface area contributed by atoms with Gasteiger partial charge in [0.15, 0.2) is 11.5 Å². The van der Waals surface area contributed by atoms with Crippen molar-refractivity contribution < 1.29 is 23.5 Å². The molecule has 6 rings (SSSR count). The molecule has 2 N–H and O–H groups in total. The van der Waals surface area contributed by atoms with Gasteiger partial charge in [-0.3, -0.25) is 9.59 Å². The third kappa shape index (κ3) is 4.31. The molecule has 3 heterocycles. The van der Waals surface area contributed by atoms with Crippen LogP contribution >= 0.6 is 0 Å². The van der Waals surface area contributed by atoms with E-state index in [0.717, 1.165) is 33.3 Å². The summed E-state index contributed by atoms with van der Waals surface area (Å²) in [5.41, 5.74) is 5.12. The number of rotatable bonds is 4. The number of aromatic amines is 1. The van der Waals surface area contributed by atoms with Gasteiger partial charge in [-0.2, -0.15) is 0 Å². The van der Waals surface area contributed by atoms with E-state index in [2.05, 4.69) is 10.3 Å². The van der Waals surface area contributed by atoms with E-state index in [1.54, 1.807) is 36.4 Å². The van der Waals surface area contributed by atoms with Crippen LogP contribution in [0.4, 0.5) is 10.1 Å². The Balaban J connectivity index is 1.35. The number of H-pyrrole nitrogens is 1. The third-order valence-electron chi connectivity index (χ3n) is 6.73. The molecule has 1 unspecified atom stereocenters. The first kappa shape index (κ1) is 22.8. The Morgan fingerprint density at radius 3 is 2.68 bits per heavy atom. The summed E-state index contributed by atoms with van der Waals surface area (Å²) in [5, 5.41) is 3.57. The molecule has 2 aliphatic heterocycles. The van der Waals surface area contributed by atoms with Crippen molar-refractivity contribution in [3.05, 3.63) is 94.9 Å². The van der Waals surface area contributed by atoms with Gasteiger partial charge < -0.3 is 24.7 Å². The van der Waals surface area contributed by atoms with Gasteiger partial charge in [-0.15, -0.1) is 0 Å². The summed E-state index contributed by atoms with van der Waals surface area (Å²) < 4.78 is 25.1. The lowest BCUT2D eigenvalue weighted by atomic mass is 9.92. The SMILES string of the molecule is CC(=O)Nc1ccc(/C=C/C(=O)N2CCc3c([nH]c4ccc(F)cc34)C2c2ccc3c(c2)OCO3)cc1. The maximum atomic E-state index is 14.1. The number of nitrogens with one attached hydrogen (secondary N) is 2. The van der Waals surface area contributed by atoms with E-state index in [1.165, 1.54) is 13.0 Å². The Bertz CT molecular complexity index is 1560. The average molecular weight is 498 g/mol. The van der Waals surface area contributed by atoms with E-state index in [9.17, 15) is 14.0 Å². The number of fused-ring (bicyclic) bond motifs is 4. The number of carbonyl (C=O) groups is 2. The first-order valence-electron chi connectivity index (χ1n) is 12.0. The van der Waals surface area contributed by atoms with Crippen molar-refractivity contribution in [3.63, 3.8) is 0 Å². The van der Waals surface area contributed by atoms with Crippen molar-refractivity contribution in [2.24, 2.45) is 0 Å². The highest BCUT2D eigenvalue weighted by Crippen LogP contribution is 2.42. The molecule has 0 radical (unpaired) electrons. The van der Waals surface area contributed by atoms with Crippen molar-refractivity contribution in [2.75, 3.05) is 18.7 Å². The second-order valence-corrected chi connectivity index (χ2v) is 9.14. The third-order valence-corrected chi connectivity index (χ3v) is 6.73. The number of aromatic nitrogens is 1. The lowest BCUT2D eigenvalue weighted by Gasteiger charge is -2.35. The largest absolute Gasteiger partial charge is 0.454 e. The normalized spacial score (nSPS) is 16.3. The lowest BCUT2D eigenvalue weighted by Crippen LogP contribution is -2.39. The fourth-order valence-electron chi connectivity index (χ4n) is 5.07. The van der Waals surface area contributed by atoms with Crippen LogP contribution in [0.3, 0.4) is 0 Å². The molecule has 1 atom stereocenters. The van der Waals surface area contributed by atoms with Gasteiger partial charge in [-0.1, -0.05) is 18.2 Å². The molecule has 37 heavy (non-hydrogen) atoms. The molecule has 0 spiro atoms. The summed E-state index contributed by atoms with van der Waals surface area (Å²) >= 11 is 0. The predicted molar refractivity (Wildman–Crippen MR) is 138 cm³/mol. The number of amides is 2. The molecule has 0 fully saturated rings. The second-order valence-electron chi connectivity index (χ2n) is 9.14. The highest BCUT2D eigenvalue weighted by molar-refractivity contribution is 5.94. The molecule has 2 amide bonds. The van der Waals surface area contributed by atoms with Crippen molar-refractivity contribution in [1.29, 1.82) is 0 Å². The van der Waals surface area contributed by atoms with Gasteiger partial charge in [-0.25, -0.2) is 4.39 Å². The van der Waals surface area contributed by atoms with E-state index in [-0.39, 0.29) is 24.4 Å². The molecular formula is C29H24FN3O4. The summed E-state index contributed by atoms with van der Waals surface area (Å²) in [7, 11) is 0. The predicted octanol–water partition coefficient (Wildman–Crippen LogP) is 5.18. The molecule has 1 aromatic heterocycles. The van der Waals surface area contributed by atoms with E-state index in [1.807, 2.05) is 35.2 Å². The van der Waals surface area contributed by atoms with Crippen LogP contribution in [0.25, 0.3) is 17.0 Å². The minimum atomic E-state index is -0.409. The summed E-state index contributed by atoms with van der Waals surface area (Å²) in [6.45, 7) is 2.09. The van der Waals surface area contributed by atoms with Crippen LogP contribution in [0.1, 0.15) is 35.3 Å². The van der Waals surface area contributed by atoms with Crippen molar-refractivity contribution in [1.82, 2.24) is 9.88 Å². The standard InChI is InChI=1S/C29H24FN3O4/c1-17(34)31-21-7-2-18(3-8-21)4-11-27(35)33-13-12-22-23-15-20(30)6-9-24(23)32-28(22)29(33)19-5-10-25-26(14-19)37-16-36-25/h2-11,14-15,29,32H,12-13,16H2,1H3,(H,31,34)/b11-4+. The first-order valence-corrected chi connectivity index (χ1v) is 12.0. The Morgan fingerprint density at radius 2 is 1.86 bits per heavy atom.